The lowest BCUT2D eigenvalue weighted by Gasteiger charge is -2.05. The molecule has 0 atom stereocenters. The van der Waals surface area contributed by atoms with Crippen LogP contribution in [0, 0.1) is 11.6 Å². The molecule has 1 heterocycles. The van der Waals surface area contributed by atoms with Crippen molar-refractivity contribution in [1.29, 1.82) is 0 Å². The summed E-state index contributed by atoms with van der Waals surface area (Å²) in [5.41, 5.74) is -0.133. The van der Waals surface area contributed by atoms with Crippen LogP contribution in [-0.2, 0) is 6.54 Å². The third kappa shape index (κ3) is 2.66. The molecule has 0 bridgehead atoms. The largest absolute Gasteiger partial charge is 0.361 e. The Labute approximate surface area is 95.3 Å². The van der Waals surface area contributed by atoms with Gasteiger partial charge in [0.2, 0.25) is 0 Å². The fraction of sp³-hybridized carbons (Fsp3) is 0.0909. The predicted octanol–water partition coefficient (Wildman–Crippen LogP) is 1.66. The first kappa shape index (κ1) is 11.3. The Bertz CT molecular complexity index is 583. The highest BCUT2D eigenvalue weighted by Crippen LogP contribution is 2.10. The number of benzene rings is 1. The number of nitrogens with zero attached hydrogens (tertiary/aromatic N) is 1. The number of nitrogens with one attached hydrogen (secondary N) is 2. The highest BCUT2D eigenvalue weighted by Gasteiger charge is 2.05. The summed E-state index contributed by atoms with van der Waals surface area (Å²) in [6.45, 7) is 0.0617. The van der Waals surface area contributed by atoms with Crippen molar-refractivity contribution < 1.29 is 8.78 Å². The van der Waals surface area contributed by atoms with Gasteiger partial charge in [-0.3, -0.25) is 4.79 Å². The van der Waals surface area contributed by atoms with E-state index in [0.717, 1.165) is 12.1 Å². The van der Waals surface area contributed by atoms with Gasteiger partial charge in [0, 0.05) is 30.6 Å². The van der Waals surface area contributed by atoms with Gasteiger partial charge in [0.15, 0.2) is 5.82 Å². The molecule has 2 rings (SSSR count). The Morgan fingerprint density at radius 2 is 2.18 bits per heavy atom. The van der Waals surface area contributed by atoms with E-state index in [-0.39, 0.29) is 17.9 Å². The van der Waals surface area contributed by atoms with E-state index in [4.69, 9.17) is 0 Å². The predicted molar refractivity (Wildman–Crippen MR) is 58.5 cm³/mol. The zero-order valence-corrected chi connectivity index (χ0v) is 8.71. The fourth-order valence-electron chi connectivity index (χ4n) is 1.32. The molecule has 1 aromatic heterocycles. The SMILES string of the molecule is O=c1[nH]ccnc1NCc1ccc(F)cc1F. The third-order valence-electron chi connectivity index (χ3n) is 2.17. The second-order valence-corrected chi connectivity index (χ2v) is 3.36. The maximum atomic E-state index is 13.3. The molecule has 4 nitrogen and oxygen atoms in total. The van der Waals surface area contributed by atoms with Gasteiger partial charge in [-0.2, -0.15) is 0 Å². The van der Waals surface area contributed by atoms with Gasteiger partial charge in [-0.25, -0.2) is 13.8 Å². The van der Waals surface area contributed by atoms with Crippen molar-refractivity contribution in [2.45, 2.75) is 6.54 Å². The lowest BCUT2D eigenvalue weighted by molar-refractivity contribution is 0.574. The fourth-order valence-corrected chi connectivity index (χ4v) is 1.32. The molecule has 6 heteroatoms. The third-order valence-corrected chi connectivity index (χ3v) is 2.17. The number of rotatable bonds is 3. The van der Waals surface area contributed by atoms with E-state index < -0.39 is 17.2 Å². The van der Waals surface area contributed by atoms with Gasteiger partial charge >= 0.3 is 0 Å². The number of aromatic nitrogens is 2. The van der Waals surface area contributed by atoms with Gasteiger partial charge < -0.3 is 10.3 Å². The van der Waals surface area contributed by atoms with Crippen LogP contribution in [-0.4, -0.2) is 9.97 Å². The minimum Gasteiger partial charge on any atom is -0.361 e. The Hall–Kier alpha value is -2.24. The first-order valence-corrected chi connectivity index (χ1v) is 4.88. The Morgan fingerprint density at radius 3 is 2.88 bits per heavy atom. The number of hydrogen-bond acceptors (Lipinski definition) is 3. The van der Waals surface area contributed by atoms with E-state index in [9.17, 15) is 13.6 Å². The standard InChI is InChI=1S/C11H9F2N3O/c12-8-2-1-7(9(13)5-8)6-16-10-11(17)15-4-3-14-10/h1-5H,6H2,(H,14,16)(H,15,17). The van der Waals surface area contributed by atoms with E-state index in [2.05, 4.69) is 15.3 Å². The minimum atomic E-state index is -0.662. The van der Waals surface area contributed by atoms with Gasteiger partial charge in [-0.1, -0.05) is 6.07 Å². The van der Waals surface area contributed by atoms with Crippen molar-refractivity contribution in [1.82, 2.24) is 9.97 Å². The summed E-state index contributed by atoms with van der Waals surface area (Å²) in [5.74, 6) is -1.21. The molecule has 0 fully saturated rings. The van der Waals surface area contributed by atoms with Crippen molar-refractivity contribution in [3.8, 4) is 0 Å². The molecule has 0 saturated carbocycles. The van der Waals surface area contributed by atoms with Gasteiger partial charge in [-0.15, -0.1) is 0 Å². The quantitative estimate of drug-likeness (QED) is 0.853. The lowest BCUT2D eigenvalue weighted by atomic mass is 10.2. The molecular formula is C11H9F2N3O. The van der Waals surface area contributed by atoms with Crippen molar-refractivity contribution in [3.63, 3.8) is 0 Å². The van der Waals surface area contributed by atoms with Gasteiger partial charge in [0.25, 0.3) is 5.56 Å². The van der Waals surface area contributed by atoms with Gasteiger partial charge in [-0.05, 0) is 6.07 Å². The monoisotopic (exact) mass is 237 g/mol. The van der Waals surface area contributed by atoms with E-state index in [1.807, 2.05) is 0 Å². The summed E-state index contributed by atoms with van der Waals surface area (Å²) in [7, 11) is 0. The smallest absolute Gasteiger partial charge is 0.290 e. The van der Waals surface area contributed by atoms with Crippen LogP contribution in [0.15, 0.2) is 35.4 Å². The van der Waals surface area contributed by atoms with Crippen molar-refractivity contribution in [2.24, 2.45) is 0 Å². The van der Waals surface area contributed by atoms with E-state index in [1.165, 1.54) is 18.5 Å². The Morgan fingerprint density at radius 1 is 1.35 bits per heavy atom. The zero-order chi connectivity index (χ0) is 12.3. The lowest BCUT2D eigenvalue weighted by Crippen LogP contribution is -2.15. The average molecular weight is 237 g/mol. The van der Waals surface area contributed by atoms with Crippen LogP contribution >= 0.6 is 0 Å². The molecule has 0 radical (unpaired) electrons. The van der Waals surface area contributed by atoms with Crippen LogP contribution in [0.1, 0.15) is 5.56 Å². The summed E-state index contributed by atoms with van der Waals surface area (Å²) in [6, 6.07) is 3.26. The minimum absolute atomic E-state index is 0.0617. The topological polar surface area (TPSA) is 57.8 Å². The summed E-state index contributed by atoms with van der Waals surface area (Å²) >= 11 is 0. The Kier molecular flexibility index (Phi) is 3.13. The molecule has 0 saturated heterocycles. The first-order chi connectivity index (χ1) is 8.16. The van der Waals surface area contributed by atoms with E-state index >= 15 is 0 Å². The number of halogens is 2. The molecule has 0 unspecified atom stereocenters. The average Bonchev–Trinajstić information content (AvgIpc) is 2.30. The molecule has 0 aliphatic heterocycles. The molecule has 2 aromatic rings. The highest BCUT2D eigenvalue weighted by atomic mass is 19.1. The Balaban J connectivity index is 2.13. The zero-order valence-electron chi connectivity index (χ0n) is 8.71. The van der Waals surface area contributed by atoms with Crippen molar-refractivity contribution in [3.05, 3.63) is 58.1 Å². The van der Waals surface area contributed by atoms with Crippen LogP contribution in [0.5, 0.6) is 0 Å². The summed E-state index contributed by atoms with van der Waals surface area (Å²) in [6.07, 6.45) is 2.80. The van der Waals surface area contributed by atoms with Gasteiger partial charge in [0.1, 0.15) is 11.6 Å². The van der Waals surface area contributed by atoms with Crippen LogP contribution in [0.3, 0.4) is 0 Å². The second kappa shape index (κ2) is 4.73. The first-order valence-electron chi connectivity index (χ1n) is 4.88. The molecule has 1 aromatic carbocycles. The number of hydrogen-bond donors (Lipinski definition) is 2. The maximum absolute atomic E-state index is 13.3. The summed E-state index contributed by atoms with van der Waals surface area (Å²) in [4.78, 5) is 17.5. The van der Waals surface area contributed by atoms with Gasteiger partial charge in [0.05, 0.1) is 0 Å². The van der Waals surface area contributed by atoms with E-state index in [1.54, 1.807) is 0 Å². The highest BCUT2D eigenvalue weighted by molar-refractivity contribution is 5.32. The van der Waals surface area contributed by atoms with Crippen molar-refractivity contribution >= 4 is 5.82 Å². The van der Waals surface area contributed by atoms with Crippen molar-refractivity contribution in [2.75, 3.05) is 5.32 Å². The normalized spacial score (nSPS) is 10.2. The summed E-state index contributed by atoms with van der Waals surface area (Å²) < 4.78 is 25.9. The molecule has 0 spiro atoms. The van der Waals surface area contributed by atoms with E-state index in [0.29, 0.717) is 0 Å². The molecule has 2 N–H and O–H groups in total. The molecular weight excluding hydrogens is 228 g/mol. The number of H-pyrrole nitrogens is 1. The number of aromatic amines is 1. The van der Waals surface area contributed by atoms with Crippen LogP contribution in [0.4, 0.5) is 14.6 Å². The summed E-state index contributed by atoms with van der Waals surface area (Å²) in [5, 5.41) is 2.67. The molecule has 0 amide bonds. The molecule has 88 valence electrons. The maximum Gasteiger partial charge on any atom is 0.290 e. The van der Waals surface area contributed by atoms with Crippen LogP contribution < -0.4 is 10.9 Å². The van der Waals surface area contributed by atoms with Crippen LogP contribution in [0.2, 0.25) is 0 Å². The van der Waals surface area contributed by atoms with Crippen LogP contribution in [0.25, 0.3) is 0 Å². The molecule has 17 heavy (non-hydrogen) atoms. The molecule has 0 aliphatic carbocycles. The molecule has 0 aliphatic rings. The second-order valence-electron chi connectivity index (χ2n) is 3.36. The number of anilines is 1.